The second kappa shape index (κ2) is 6.21. The van der Waals surface area contributed by atoms with Gasteiger partial charge in [0.05, 0.1) is 12.1 Å². The van der Waals surface area contributed by atoms with Crippen molar-refractivity contribution in [2.45, 2.75) is 32.9 Å². The summed E-state index contributed by atoms with van der Waals surface area (Å²) in [6.45, 7) is 8.31. The first kappa shape index (κ1) is 14.1. The summed E-state index contributed by atoms with van der Waals surface area (Å²) in [6.07, 6.45) is 2.51. The summed E-state index contributed by atoms with van der Waals surface area (Å²) >= 11 is 0. The molecular weight excluding hydrogens is 244 g/mol. The fourth-order valence-electron chi connectivity index (χ4n) is 2.48. The van der Waals surface area contributed by atoms with E-state index in [1.165, 1.54) is 19.2 Å². The van der Waals surface area contributed by atoms with Crippen molar-refractivity contribution in [1.82, 2.24) is 10.2 Å². The van der Waals surface area contributed by atoms with Crippen molar-refractivity contribution < 1.29 is 14.3 Å². The van der Waals surface area contributed by atoms with Gasteiger partial charge in [0.2, 0.25) is 0 Å². The average molecular weight is 266 g/mol. The van der Waals surface area contributed by atoms with Gasteiger partial charge in [0.15, 0.2) is 0 Å². The molecule has 1 aromatic heterocycles. The normalized spacial score (nSPS) is 20.3. The quantitative estimate of drug-likeness (QED) is 0.822. The predicted molar refractivity (Wildman–Crippen MR) is 72.2 cm³/mol. The lowest BCUT2D eigenvalue weighted by atomic mass is 10.1. The van der Waals surface area contributed by atoms with E-state index in [4.69, 9.17) is 9.52 Å². The van der Waals surface area contributed by atoms with Crippen LogP contribution in [0.15, 0.2) is 16.7 Å². The molecule has 1 aliphatic rings. The molecule has 1 atom stereocenters. The first-order valence-corrected chi connectivity index (χ1v) is 6.81. The number of nitrogens with zero attached hydrogens (tertiary/aromatic N) is 1. The summed E-state index contributed by atoms with van der Waals surface area (Å²) in [6, 6.07) is 2.19. The van der Waals surface area contributed by atoms with Gasteiger partial charge in [-0.1, -0.05) is 0 Å². The maximum Gasteiger partial charge on any atom is 0.338 e. The molecule has 0 aromatic carbocycles. The first-order valence-electron chi connectivity index (χ1n) is 6.81. The molecule has 0 amide bonds. The molecule has 2 heterocycles. The topological polar surface area (TPSA) is 65.7 Å². The summed E-state index contributed by atoms with van der Waals surface area (Å²) in [7, 11) is 0. The number of carboxylic acid groups (broad SMARTS) is 1. The number of carboxylic acids is 1. The van der Waals surface area contributed by atoms with E-state index < -0.39 is 5.97 Å². The van der Waals surface area contributed by atoms with E-state index in [1.54, 1.807) is 6.07 Å². The minimum Gasteiger partial charge on any atom is -0.478 e. The Balaban J connectivity index is 1.70. The SMILES string of the molecule is CC(C)N1CCC(CNCc2cc(C(=O)O)co2)C1. The Labute approximate surface area is 113 Å². The Morgan fingerprint density at radius 3 is 3.00 bits per heavy atom. The van der Waals surface area contributed by atoms with Crippen molar-refractivity contribution in [3.05, 3.63) is 23.7 Å². The van der Waals surface area contributed by atoms with Crippen LogP contribution in [0.1, 0.15) is 36.4 Å². The molecule has 0 spiro atoms. The number of rotatable bonds is 6. The Kier molecular flexibility index (Phi) is 4.61. The Morgan fingerprint density at radius 1 is 1.63 bits per heavy atom. The fourth-order valence-corrected chi connectivity index (χ4v) is 2.48. The molecular formula is C14H22N2O3. The number of furan rings is 1. The zero-order chi connectivity index (χ0) is 13.8. The third kappa shape index (κ3) is 3.81. The molecule has 106 valence electrons. The molecule has 19 heavy (non-hydrogen) atoms. The summed E-state index contributed by atoms with van der Waals surface area (Å²) in [4.78, 5) is 13.2. The van der Waals surface area contributed by atoms with E-state index in [9.17, 15) is 4.79 Å². The van der Waals surface area contributed by atoms with Gasteiger partial charge in [-0.15, -0.1) is 0 Å². The third-order valence-corrected chi connectivity index (χ3v) is 3.68. The molecule has 0 bridgehead atoms. The van der Waals surface area contributed by atoms with Gasteiger partial charge in [-0.3, -0.25) is 0 Å². The molecule has 1 unspecified atom stereocenters. The van der Waals surface area contributed by atoms with E-state index in [1.807, 2.05) is 0 Å². The monoisotopic (exact) mass is 266 g/mol. The van der Waals surface area contributed by atoms with Gasteiger partial charge in [-0.05, 0) is 45.3 Å². The van der Waals surface area contributed by atoms with Crippen LogP contribution in [-0.4, -0.2) is 41.7 Å². The maximum absolute atomic E-state index is 10.7. The highest BCUT2D eigenvalue weighted by Crippen LogP contribution is 2.17. The van der Waals surface area contributed by atoms with Gasteiger partial charge in [0.25, 0.3) is 0 Å². The Hall–Kier alpha value is -1.33. The van der Waals surface area contributed by atoms with Gasteiger partial charge >= 0.3 is 5.97 Å². The molecule has 2 N–H and O–H groups in total. The zero-order valence-electron chi connectivity index (χ0n) is 11.6. The molecule has 1 saturated heterocycles. The van der Waals surface area contributed by atoms with Crippen molar-refractivity contribution in [2.24, 2.45) is 5.92 Å². The minimum absolute atomic E-state index is 0.212. The smallest absolute Gasteiger partial charge is 0.338 e. The molecule has 5 nitrogen and oxygen atoms in total. The lowest BCUT2D eigenvalue weighted by molar-refractivity contribution is 0.0696. The van der Waals surface area contributed by atoms with Crippen LogP contribution in [0.5, 0.6) is 0 Å². The first-order chi connectivity index (χ1) is 9.06. The van der Waals surface area contributed by atoms with E-state index in [-0.39, 0.29) is 5.56 Å². The summed E-state index contributed by atoms with van der Waals surface area (Å²) in [5.74, 6) is 0.408. The van der Waals surface area contributed by atoms with Crippen LogP contribution in [0.3, 0.4) is 0 Å². The van der Waals surface area contributed by atoms with E-state index in [2.05, 4.69) is 24.1 Å². The lowest BCUT2D eigenvalue weighted by Gasteiger charge is -2.20. The van der Waals surface area contributed by atoms with Crippen LogP contribution in [-0.2, 0) is 6.54 Å². The van der Waals surface area contributed by atoms with Crippen LogP contribution in [0, 0.1) is 5.92 Å². The Bertz CT molecular complexity index is 428. The van der Waals surface area contributed by atoms with Crippen LogP contribution >= 0.6 is 0 Å². The van der Waals surface area contributed by atoms with Gasteiger partial charge in [0.1, 0.15) is 12.0 Å². The van der Waals surface area contributed by atoms with Crippen LogP contribution in [0.4, 0.5) is 0 Å². The second-order valence-corrected chi connectivity index (χ2v) is 5.48. The highest BCUT2D eigenvalue weighted by Gasteiger charge is 2.23. The summed E-state index contributed by atoms with van der Waals surface area (Å²) in [5.41, 5.74) is 0.212. The zero-order valence-corrected chi connectivity index (χ0v) is 11.6. The van der Waals surface area contributed by atoms with Gasteiger partial charge < -0.3 is 19.7 Å². The van der Waals surface area contributed by atoms with Crippen LogP contribution < -0.4 is 5.32 Å². The molecule has 1 aromatic rings. The molecule has 1 aliphatic heterocycles. The number of likely N-dealkylation sites (tertiary alicyclic amines) is 1. The van der Waals surface area contributed by atoms with E-state index >= 15 is 0 Å². The molecule has 0 saturated carbocycles. The standard InChI is InChI=1S/C14H22N2O3/c1-10(2)16-4-3-11(8-16)6-15-7-13-5-12(9-19-13)14(17)18/h5,9-11,15H,3-4,6-8H2,1-2H3,(H,17,18). The minimum atomic E-state index is -0.946. The summed E-state index contributed by atoms with van der Waals surface area (Å²) < 4.78 is 5.20. The summed E-state index contributed by atoms with van der Waals surface area (Å²) in [5, 5.41) is 12.1. The fraction of sp³-hybridized carbons (Fsp3) is 0.643. The van der Waals surface area contributed by atoms with E-state index in [0.29, 0.717) is 24.3 Å². The van der Waals surface area contributed by atoms with Crippen molar-refractivity contribution >= 4 is 5.97 Å². The highest BCUT2D eigenvalue weighted by atomic mass is 16.4. The second-order valence-electron chi connectivity index (χ2n) is 5.48. The molecule has 0 aliphatic carbocycles. The number of hydrogen-bond acceptors (Lipinski definition) is 4. The maximum atomic E-state index is 10.7. The van der Waals surface area contributed by atoms with Crippen molar-refractivity contribution in [1.29, 1.82) is 0 Å². The number of nitrogens with one attached hydrogen (secondary N) is 1. The lowest BCUT2D eigenvalue weighted by Crippen LogP contribution is -2.30. The predicted octanol–water partition coefficient (Wildman–Crippen LogP) is 1.80. The largest absolute Gasteiger partial charge is 0.478 e. The van der Waals surface area contributed by atoms with E-state index in [0.717, 1.165) is 13.1 Å². The number of aromatic carboxylic acids is 1. The van der Waals surface area contributed by atoms with Crippen molar-refractivity contribution in [2.75, 3.05) is 19.6 Å². The third-order valence-electron chi connectivity index (χ3n) is 3.68. The van der Waals surface area contributed by atoms with Crippen LogP contribution in [0.2, 0.25) is 0 Å². The molecule has 0 radical (unpaired) electrons. The molecule has 2 rings (SSSR count). The molecule has 5 heteroatoms. The average Bonchev–Trinajstić information content (AvgIpc) is 2.97. The number of hydrogen-bond donors (Lipinski definition) is 2. The molecule has 1 fully saturated rings. The van der Waals surface area contributed by atoms with Gasteiger partial charge in [-0.2, -0.15) is 0 Å². The van der Waals surface area contributed by atoms with Gasteiger partial charge in [0, 0.05) is 12.6 Å². The van der Waals surface area contributed by atoms with Gasteiger partial charge in [-0.25, -0.2) is 4.79 Å². The van der Waals surface area contributed by atoms with Crippen molar-refractivity contribution in [3.8, 4) is 0 Å². The highest BCUT2D eigenvalue weighted by molar-refractivity contribution is 5.87. The Morgan fingerprint density at radius 2 is 2.42 bits per heavy atom. The van der Waals surface area contributed by atoms with Crippen molar-refractivity contribution in [3.63, 3.8) is 0 Å². The number of carbonyl (C=O) groups is 1. The van der Waals surface area contributed by atoms with Crippen LogP contribution in [0.25, 0.3) is 0 Å².